The lowest BCUT2D eigenvalue weighted by molar-refractivity contribution is -0.133. The lowest BCUT2D eigenvalue weighted by atomic mass is 9.85. The lowest BCUT2D eigenvalue weighted by Gasteiger charge is -2.31. The molecule has 2 rings (SSSR count). The molecule has 0 saturated heterocycles. The van der Waals surface area contributed by atoms with Crippen LogP contribution in [0.15, 0.2) is 4.34 Å². The van der Waals surface area contributed by atoms with Crippen LogP contribution in [0.3, 0.4) is 0 Å². The molecule has 1 saturated carbocycles. The van der Waals surface area contributed by atoms with Crippen molar-refractivity contribution in [2.75, 3.05) is 23.7 Å². The Kier molecular flexibility index (Phi) is 4.82. The summed E-state index contributed by atoms with van der Waals surface area (Å²) in [7, 11) is 0. The molecular weight excluding hydrogens is 270 g/mol. The molecule has 1 aliphatic carbocycles. The highest BCUT2D eigenvalue weighted by atomic mass is 32.2. The fraction of sp³-hybridized carbons (Fsp3) is 0.727. The number of anilines is 1. The molecule has 1 fully saturated rings. The molecule has 7 heteroatoms. The van der Waals surface area contributed by atoms with Crippen molar-refractivity contribution >= 4 is 34.2 Å². The molecule has 0 radical (unpaired) electrons. The summed E-state index contributed by atoms with van der Waals surface area (Å²) < 4.78 is 0.736. The number of carboxylic acids is 1. The molecule has 0 aliphatic heterocycles. The Balaban J connectivity index is 1.91. The zero-order valence-electron chi connectivity index (χ0n) is 10.3. The van der Waals surface area contributed by atoms with Crippen LogP contribution in [0.1, 0.15) is 26.2 Å². The number of nitrogens with zero attached hydrogens (tertiary/aromatic N) is 3. The van der Waals surface area contributed by atoms with Gasteiger partial charge in [-0.05, 0) is 25.7 Å². The van der Waals surface area contributed by atoms with Crippen LogP contribution in [0.4, 0.5) is 5.13 Å². The molecule has 0 amide bonds. The third kappa shape index (κ3) is 3.58. The number of rotatable bonds is 7. The largest absolute Gasteiger partial charge is 0.481 e. The van der Waals surface area contributed by atoms with Crippen LogP contribution < -0.4 is 4.90 Å². The van der Waals surface area contributed by atoms with Crippen LogP contribution in [0.2, 0.25) is 0 Å². The number of aliphatic carboxylic acids is 1. The first-order valence-electron chi connectivity index (χ1n) is 6.12. The average molecular weight is 287 g/mol. The zero-order valence-corrected chi connectivity index (χ0v) is 12.0. The minimum absolute atomic E-state index is 0.0450. The first-order valence-corrected chi connectivity index (χ1v) is 7.92. The molecule has 0 bridgehead atoms. The van der Waals surface area contributed by atoms with E-state index < -0.39 is 5.97 Å². The summed E-state index contributed by atoms with van der Waals surface area (Å²) in [4.78, 5) is 12.7. The maximum absolute atomic E-state index is 10.5. The Morgan fingerprint density at radius 2 is 2.33 bits per heavy atom. The number of hydrogen-bond donors (Lipinski definition) is 1. The molecule has 5 nitrogen and oxygen atoms in total. The molecule has 0 atom stereocenters. The summed E-state index contributed by atoms with van der Waals surface area (Å²) in [5.41, 5.74) is 0. The van der Waals surface area contributed by atoms with E-state index in [1.54, 1.807) is 0 Å². The van der Waals surface area contributed by atoms with Gasteiger partial charge in [-0.1, -0.05) is 29.5 Å². The fourth-order valence-corrected chi connectivity index (χ4v) is 3.48. The normalized spacial score (nSPS) is 15.4. The van der Waals surface area contributed by atoms with Crippen LogP contribution in [-0.4, -0.2) is 40.1 Å². The summed E-state index contributed by atoms with van der Waals surface area (Å²) in [5.74, 6) is 0.0196. The number of hydrogen-bond acceptors (Lipinski definition) is 6. The highest BCUT2D eigenvalue weighted by Gasteiger charge is 2.22. The Morgan fingerprint density at radius 1 is 1.56 bits per heavy atom. The quantitative estimate of drug-likeness (QED) is 0.776. The van der Waals surface area contributed by atoms with Crippen molar-refractivity contribution in [2.45, 2.75) is 30.5 Å². The van der Waals surface area contributed by atoms with E-state index in [0.717, 1.165) is 28.5 Å². The number of aromatic nitrogens is 2. The lowest BCUT2D eigenvalue weighted by Crippen LogP contribution is -2.32. The standard InChI is InChI=1S/C11H17N3O2S2/c1-2-14(6-8-4-3-5-8)10-12-13-11(18-10)17-7-9(15)16/h8H,2-7H2,1H3,(H,15,16). The molecular formula is C11H17N3O2S2. The van der Waals surface area contributed by atoms with E-state index >= 15 is 0 Å². The molecule has 1 aromatic heterocycles. The van der Waals surface area contributed by atoms with Crippen molar-refractivity contribution < 1.29 is 9.90 Å². The van der Waals surface area contributed by atoms with Crippen LogP contribution in [0.25, 0.3) is 0 Å². The second-order valence-corrected chi connectivity index (χ2v) is 6.55. The van der Waals surface area contributed by atoms with Crippen LogP contribution >= 0.6 is 23.1 Å². The molecule has 1 aliphatic rings. The molecule has 0 unspecified atom stereocenters. The Hall–Kier alpha value is -0.820. The van der Waals surface area contributed by atoms with Gasteiger partial charge in [-0.2, -0.15) is 0 Å². The van der Waals surface area contributed by atoms with Gasteiger partial charge in [-0.25, -0.2) is 0 Å². The summed E-state index contributed by atoms with van der Waals surface area (Å²) >= 11 is 2.72. The number of carboxylic acid groups (broad SMARTS) is 1. The second kappa shape index (κ2) is 6.38. The van der Waals surface area contributed by atoms with Crippen molar-refractivity contribution in [3.63, 3.8) is 0 Å². The summed E-state index contributed by atoms with van der Waals surface area (Å²) in [5, 5.41) is 17.7. The summed E-state index contributed by atoms with van der Waals surface area (Å²) in [6.45, 7) is 4.09. The molecule has 1 aromatic rings. The Labute approximate surface area is 115 Å². The van der Waals surface area contributed by atoms with Crippen LogP contribution in [-0.2, 0) is 4.79 Å². The molecule has 18 heavy (non-hydrogen) atoms. The summed E-state index contributed by atoms with van der Waals surface area (Å²) in [6, 6.07) is 0. The number of carbonyl (C=O) groups is 1. The third-order valence-electron chi connectivity index (χ3n) is 3.07. The highest BCUT2D eigenvalue weighted by molar-refractivity contribution is 8.01. The van der Waals surface area contributed by atoms with Crippen molar-refractivity contribution in [1.29, 1.82) is 0 Å². The van der Waals surface area contributed by atoms with Gasteiger partial charge < -0.3 is 10.0 Å². The SMILES string of the molecule is CCN(CC1CCC1)c1nnc(SCC(=O)O)s1. The Morgan fingerprint density at radius 3 is 2.89 bits per heavy atom. The Bertz CT molecular complexity index is 407. The van der Waals surface area contributed by atoms with E-state index in [9.17, 15) is 4.79 Å². The summed E-state index contributed by atoms with van der Waals surface area (Å²) in [6.07, 6.45) is 3.98. The molecule has 1 heterocycles. The predicted octanol–water partition coefficient (Wildman–Crippen LogP) is 2.34. The average Bonchev–Trinajstić information content (AvgIpc) is 2.74. The topological polar surface area (TPSA) is 66.3 Å². The van der Waals surface area contributed by atoms with Crippen molar-refractivity contribution in [1.82, 2.24) is 10.2 Å². The van der Waals surface area contributed by atoms with Gasteiger partial charge in [-0.3, -0.25) is 4.79 Å². The molecule has 1 N–H and O–H groups in total. The first kappa shape index (κ1) is 13.6. The van der Waals surface area contributed by atoms with E-state index in [1.165, 1.54) is 42.4 Å². The molecule has 0 spiro atoms. The van der Waals surface area contributed by atoms with Gasteiger partial charge in [0.15, 0.2) is 4.34 Å². The van der Waals surface area contributed by atoms with E-state index in [-0.39, 0.29) is 5.75 Å². The maximum atomic E-state index is 10.5. The van der Waals surface area contributed by atoms with E-state index in [4.69, 9.17) is 5.11 Å². The van der Waals surface area contributed by atoms with Crippen molar-refractivity contribution in [2.24, 2.45) is 5.92 Å². The van der Waals surface area contributed by atoms with Gasteiger partial charge in [0.2, 0.25) is 5.13 Å². The third-order valence-corrected chi connectivity index (χ3v) is 5.17. The van der Waals surface area contributed by atoms with Gasteiger partial charge in [0, 0.05) is 13.1 Å². The van der Waals surface area contributed by atoms with Gasteiger partial charge in [-0.15, -0.1) is 10.2 Å². The smallest absolute Gasteiger partial charge is 0.313 e. The van der Waals surface area contributed by atoms with Gasteiger partial charge in [0.1, 0.15) is 0 Å². The van der Waals surface area contributed by atoms with Gasteiger partial charge in [0.25, 0.3) is 0 Å². The van der Waals surface area contributed by atoms with Gasteiger partial charge in [0.05, 0.1) is 5.75 Å². The second-order valence-electron chi connectivity index (χ2n) is 4.37. The van der Waals surface area contributed by atoms with E-state index in [2.05, 4.69) is 22.0 Å². The van der Waals surface area contributed by atoms with Gasteiger partial charge >= 0.3 is 5.97 Å². The monoisotopic (exact) mass is 287 g/mol. The minimum Gasteiger partial charge on any atom is -0.481 e. The first-order chi connectivity index (χ1) is 8.69. The minimum atomic E-state index is -0.821. The van der Waals surface area contributed by atoms with E-state index in [1.807, 2.05) is 0 Å². The number of thioether (sulfide) groups is 1. The highest BCUT2D eigenvalue weighted by Crippen LogP contribution is 2.32. The molecule has 0 aromatic carbocycles. The molecule has 100 valence electrons. The fourth-order valence-electron chi connectivity index (χ4n) is 1.84. The van der Waals surface area contributed by atoms with Crippen LogP contribution in [0.5, 0.6) is 0 Å². The maximum Gasteiger partial charge on any atom is 0.313 e. The van der Waals surface area contributed by atoms with E-state index in [0.29, 0.717) is 0 Å². The van der Waals surface area contributed by atoms with Crippen LogP contribution in [0, 0.1) is 5.92 Å². The van der Waals surface area contributed by atoms with Crippen molar-refractivity contribution in [3.8, 4) is 0 Å². The predicted molar refractivity (Wildman–Crippen MR) is 73.5 cm³/mol. The zero-order chi connectivity index (χ0) is 13.0. The van der Waals surface area contributed by atoms with Crippen molar-refractivity contribution in [3.05, 3.63) is 0 Å².